The molecule has 9 heteroatoms. The van der Waals surface area contributed by atoms with E-state index in [0.29, 0.717) is 18.0 Å². The second kappa shape index (κ2) is 8.91. The molecule has 0 aliphatic carbocycles. The van der Waals surface area contributed by atoms with Crippen molar-refractivity contribution in [3.8, 4) is 16.2 Å². The van der Waals surface area contributed by atoms with Crippen LogP contribution >= 0.6 is 23.7 Å². The van der Waals surface area contributed by atoms with Crippen molar-refractivity contribution in [3.63, 3.8) is 0 Å². The molecular weight excluding hydrogens is 365 g/mol. The number of carbonyl (C=O) groups excluding carboxylic acids is 1. The second-order valence-corrected chi connectivity index (χ2v) is 5.68. The lowest BCUT2D eigenvalue weighted by molar-refractivity contribution is -0.274. The molecule has 2 N–H and O–H groups in total. The Kier molecular flexibility index (Phi) is 7.53. The predicted octanol–water partition coefficient (Wildman–Crippen LogP) is 3.68. The molecule has 1 aromatic carbocycles. The Bertz CT molecular complexity index is 659. The molecule has 1 amide bonds. The summed E-state index contributed by atoms with van der Waals surface area (Å²) < 4.78 is 40.2. The van der Waals surface area contributed by atoms with Crippen LogP contribution in [0.5, 0.6) is 5.75 Å². The third-order valence-electron chi connectivity index (χ3n) is 2.86. The SMILES string of the molecule is CNCCNC(=O)c1ccc(-c2ccc(OC(F)(F)F)cc2)s1.Cl. The Labute approximate surface area is 147 Å². The molecule has 0 fully saturated rings. The average Bonchev–Trinajstić information content (AvgIpc) is 2.96. The number of hydrogen-bond acceptors (Lipinski definition) is 4. The number of carbonyl (C=O) groups is 1. The Morgan fingerprint density at radius 1 is 1.12 bits per heavy atom. The number of likely N-dealkylation sites (N-methyl/N-ethyl adjacent to an activating group) is 1. The smallest absolute Gasteiger partial charge is 0.406 e. The molecule has 4 nitrogen and oxygen atoms in total. The normalized spacial score (nSPS) is 10.8. The van der Waals surface area contributed by atoms with E-state index in [4.69, 9.17) is 0 Å². The van der Waals surface area contributed by atoms with E-state index in [9.17, 15) is 18.0 Å². The van der Waals surface area contributed by atoms with Crippen LogP contribution in [0.15, 0.2) is 36.4 Å². The van der Waals surface area contributed by atoms with Gasteiger partial charge >= 0.3 is 6.36 Å². The van der Waals surface area contributed by atoms with E-state index >= 15 is 0 Å². The molecule has 0 bridgehead atoms. The van der Waals surface area contributed by atoms with Gasteiger partial charge in [0.25, 0.3) is 5.91 Å². The van der Waals surface area contributed by atoms with Crippen molar-refractivity contribution in [2.45, 2.75) is 6.36 Å². The summed E-state index contributed by atoms with van der Waals surface area (Å²) in [7, 11) is 1.79. The first kappa shape index (κ1) is 20.3. The summed E-state index contributed by atoms with van der Waals surface area (Å²) in [6, 6.07) is 8.99. The van der Waals surface area contributed by atoms with E-state index in [2.05, 4.69) is 15.4 Å². The second-order valence-electron chi connectivity index (χ2n) is 4.60. The van der Waals surface area contributed by atoms with Crippen molar-refractivity contribution in [1.29, 1.82) is 0 Å². The lowest BCUT2D eigenvalue weighted by atomic mass is 10.2. The lowest BCUT2D eigenvalue weighted by Gasteiger charge is -2.08. The zero-order valence-corrected chi connectivity index (χ0v) is 14.3. The van der Waals surface area contributed by atoms with Crippen LogP contribution in [0, 0.1) is 0 Å². The van der Waals surface area contributed by atoms with Crippen molar-refractivity contribution < 1.29 is 22.7 Å². The first-order chi connectivity index (χ1) is 10.9. The highest BCUT2D eigenvalue weighted by atomic mass is 35.5. The van der Waals surface area contributed by atoms with Crippen molar-refractivity contribution in [2.24, 2.45) is 0 Å². The minimum Gasteiger partial charge on any atom is -0.406 e. The number of benzene rings is 1. The summed E-state index contributed by atoms with van der Waals surface area (Å²) in [6.45, 7) is 1.19. The van der Waals surface area contributed by atoms with Gasteiger partial charge in [0.15, 0.2) is 0 Å². The molecular formula is C15H16ClF3N2O2S. The summed E-state index contributed by atoms with van der Waals surface area (Å²) >= 11 is 1.28. The molecule has 0 aliphatic rings. The molecule has 132 valence electrons. The number of ether oxygens (including phenoxy) is 1. The van der Waals surface area contributed by atoms with Crippen molar-refractivity contribution in [2.75, 3.05) is 20.1 Å². The van der Waals surface area contributed by atoms with Gasteiger partial charge in [-0.2, -0.15) is 0 Å². The van der Waals surface area contributed by atoms with Crippen LogP contribution in [0.3, 0.4) is 0 Å². The van der Waals surface area contributed by atoms with Crippen molar-refractivity contribution in [3.05, 3.63) is 41.3 Å². The topological polar surface area (TPSA) is 50.4 Å². The number of rotatable bonds is 6. The van der Waals surface area contributed by atoms with Gasteiger partial charge in [-0.25, -0.2) is 0 Å². The first-order valence-electron chi connectivity index (χ1n) is 6.78. The molecule has 0 aliphatic heterocycles. The van der Waals surface area contributed by atoms with Crippen LogP contribution in [-0.4, -0.2) is 32.4 Å². The Hall–Kier alpha value is -1.77. The largest absolute Gasteiger partial charge is 0.573 e. The zero-order chi connectivity index (χ0) is 16.9. The number of halogens is 4. The molecule has 0 saturated carbocycles. The van der Waals surface area contributed by atoms with E-state index in [0.717, 1.165) is 10.4 Å². The summed E-state index contributed by atoms with van der Waals surface area (Å²) in [5.74, 6) is -0.448. The van der Waals surface area contributed by atoms with E-state index in [1.165, 1.54) is 35.6 Å². The minimum absolute atomic E-state index is 0. The molecule has 0 unspecified atom stereocenters. The molecule has 0 spiro atoms. The fourth-order valence-electron chi connectivity index (χ4n) is 1.82. The molecule has 0 saturated heterocycles. The summed E-state index contributed by atoms with van der Waals surface area (Å²) in [6.07, 6.45) is -4.71. The molecule has 24 heavy (non-hydrogen) atoms. The average molecular weight is 381 g/mol. The quantitative estimate of drug-likeness (QED) is 0.751. The van der Waals surface area contributed by atoms with Gasteiger partial charge in [-0.05, 0) is 49.0 Å². The Morgan fingerprint density at radius 2 is 1.79 bits per heavy atom. The van der Waals surface area contributed by atoms with Crippen LogP contribution in [0.2, 0.25) is 0 Å². The van der Waals surface area contributed by atoms with Crippen LogP contribution < -0.4 is 15.4 Å². The predicted molar refractivity (Wildman–Crippen MR) is 89.9 cm³/mol. The van der Waals surface area contributed by atoms with E-state index in [-0.39, 0.29) is 24.1 Å². The molecule has 1 heterocycles. The van der Waals surface area contributed by atoms with Gasteiger partial charge in [-0.3, -0.25) is 4.79 Å². The van der Waals surface area contributed by atoms with Gasteiger partial charge in [0.05, 0.1) is 4.88 Å². The van der Waals surface area contributed by atoms with Crippen LogP contribution in [-0.2, 0) is 0 Å². The fraction of sp³-hybridized carbons (Fsp3) is 0.267. The summed E-state index contributed by atoms with van der Waals surface area (Å²) in [5.41, 5.74) is 0.721. The van der Waals surface area contributed by atoms with Gasteiger partial charge in [0.1, 0.15) is 5.75 Å². The maximum atomic E-state index is 12.1. The number of alkyl halides is 3. The number of nitrogens with one attached hydrogen (secondary N) is 2. The molecule has 2 rings (SSSR count). The monoisotopic (exact) mass is 380 g/mol. The molecule has 1 aromatic heterocycles. The Balaban J connectivity index is 0.00000288. The van der Waals surface area contributed by atoms with Gasteiger partial charge < -0.3 is 15.4 Å². The van der Waals surface area contributed by atoms with Gasteiger partial charge in [0, 0.05) is 18.0 Å². The Morgan fingerprint density at radius 3 is 2.38 bits per heavy atom. The zero-order valence-electron chi connectivity index (χ0n) is 12.6. The lowest BCUT2D eigenvalue weighted by Crippen LogP contribution is -2.29. The maximum absolute atomic E-state index is 12.1. The van der Waals surface area contributed by atoms with Crippen LogP contribution in [0.4, 0.5) is 13.2 Å². The van der Waals surface area contributed by atoms with E-state index < -0.39 is 6.36 Å². The fourth-order valence-corrected chi connectivity index (χ4v) is 2.75. The third kappa shape index (κ3) is 6.03. The highest BCUT2D eigenvalue weighted by molar-refractivity contribution is 7.17. The standard InChI is InChI=1S/C15H15F3N2O2S.ClH/c1-19-8-9-20-14(21)13-7-6-12(23-13)10-2-4-11(5-3-10)22-15(16,17)18;/h2-7,19H,8-9H2,1H3,(H,20,21);1H. The molecule has 0 atom stereocenters. The van der Waals surface area contributed by atoms with Crippen LogP contribution in [0.25, 0.3) is 10.4 Å². The van der Waals surface area contributed by atoms with Crippen molar-refractivity contribution in [1.82, 2.24) is 10.6 Å². The highest BCUT2D eigenvalue weighted by Gasteiger charge is 2.30. The summed E-state index contributed by atoms with van der Waals surface area (Å²) in [4.78, 5) is 13.2. The van der Waals surface area contributed by atoms with Gasteiger partial charge in [-0.15, -0.1) is 36.9 Å². The van der Waals surface area contributed by atoms with E-state index in [1.807, 2.05) is 0 Å². The number of amides is 1. The first-order valence-corrected chi connectivity index (χ1v) is 7.59. The van der Waals surface area contributed by atoms with Crippen LogP contribution in [0.1, 0.15) is 9.67 Å². The van der Waals surface area contributed by atoms with Gasteiger partial charge in [-0.1, -0.05) is 0 Å². The molecule has 2 aromatic rings. The van der Waals surface area contributed by atoms with Crippen molar-refractivity contribution >= 4 is 29.7 Å². The number of hydrogen-bond donors (Lipinski definition) is 2. The van der Waals surface area contributed by atoms with Gasteiger partial charge in [0.2, 0.25) is 0 Å². The third-order valence-corrected chi connectivity index (χ3v) is 4.00. The summed E-state index contributed by atoms with van der Waals surface area (Å²) in [5, 5.41) is 5.69. The van der Waals surface area contributed by atoms with E-state index in [1.54, 1.807) is 19.2 Å². The highest BCUT2D eigenvalue weighted by Crippen LogP contribution is 2.30. The minimum atomic E-state index is -4.71. The maximum Gasteiger partial charge on any atom is 0.573 e. The number of thiophene rings is 1. The molecule has 0 radical (unpaired) electrons.